The molecule has 1 atom stereocenters. The van der Waals surface area contributed by atoms with Gasteiger partial charge >= 0.3 is 0 Å². The summed E-state index contributed by atoms with van der Waals surface area (Å²) in [5.74, 6) is 0.776. The molecule has 1 heterocycles. The minimum Gasteiger partial charge on any atom is -0.496 e. The average Bonchev–Trinajstić information content (AvgIpc) is 2.86. The number of hydrogen-bond acceptors (Lipinski definition) is 5. The van der Waals surface area contributed by atoms with Gasteiger partial charge in [-0.2, -0.15) is 5.26 Å². The Morgan fingerprint density at radius 1 is 1.29 bits per heavy atom. The van der Waals surface area contributed by atoms with Crippen LogP contribution in [0.2, 0.25) is 0 Å². The number of fused-ring (bicyclic) bond motifs is 1. The van der Waals surface area contributed by atoms with E-state index in [1.807, 2.05) is 24.3 Å². The van der Waals surface area contributed by atoms with E-state index >= 15 is 0 Å². The Balaban J connectivity index is 1.56. The number of hydrogen-bond donors (Lipinski definition) is 2. The van der Waals surface area contributed by atoms with Gasteiger partial charge in [-0.15, -0.1) is 11.3 Å². The summed E-state index contributed by atoms with van der Waals surface area (Å²) in [4.78, 5) is 13.7. The first-order valence-electron chi connectivity index (χ1n) is 9.84. The molecule has 0 saturated heterocycles. The maximum Gasteiger partial charge on any atom is 0.226 e. The lowest BCUT2D eigenvalue weighted by atomic mass is 10.1. The molecule has 3 rings (SSSR count). The Bertz CT molecular complexity index is 869. The van der Waals surface area contributed by atoms with Crippen molar-refractivity contribution in [1.29, 1.82) is 5.26 Å². The Hall–Kier alpha value is -2.36. The van der Waals surface area contributed by atoms with Crippen molar-refractivity contribution >= 4 is 22.2 Å². The summed E-state index contributed by atoms with van der Waals surface area (Å²) in [7, 11) is 1.66. The van der Waals surface area contributed by atoms with Crippen molar-refractivity contribution in [2.75, 3.05) is 19.0 Å². The van der Waals surface area contributed by atoms with Crippen LogP contribution in [0.25, 0.3) is 0 Å². The number of carbonyl (C=O) groups excluding carboxylic acids is 1. The standard InChI is InChI=1S/C22H27N3O2S/c1-15(16-8-6-7-10-19(16)27-2)24-13-12-21(26)25-22-18(14-23)17-9-4-3-5-11-20(17)28-22/h6-8,10,15,24H,3-5,9,11-13H2,1-2H3,(H,25,26). The smallest absolute Gasteiger partial charge is 0.226 e. The molecular formula is C22H27N3O2S. The number of ether oxygens (including phenoxy) is 1. The van der Waals surface area contributed by atoms with Gasteiger partial charge in [-0.25, -0.2) is 0 Å². The first-order valence-corrected chi connectivity index (χ1v) is 10.7. The predicted octanol–water partition coefficient (Wildman–Crippen LogP) is 4.58. The van der Waals surface area contributed by atoms with E-state index in [1.54, 1.807) is 18.4 Å². The number of methoxy groups -OCH3 is 1. The molecule has 6 heteroatoms. The van der Waals surface area contributed by atoms with E-state index in [0.29, 0.717) is 18.5 Å². The first-order chi connectivity index (χ1) is 13.6. The quantitative estimate of drug-likeness (QED) is 0.671. The molecule has 1 aliphatic rings. The van der Waals surface area contributed by atoms with Crippen molar-refractivity contribution < 1.29 is 9.53 Å². The van der Waals surface area contributed by atoms with Crippen LogP contribution in [0, 0.1) is 11.3 Å². The second-order valence-electron chi connectivity index (χ2n) is 7.10. The average molecular weight is 398 g/mol. The molecule has 148 valence electrons. The summed E-state index contributed by atoms with van der Waals surface area (Å²) in [6.07, 6.45) is 5.81. The largest absolute Gasteiger partial charge is 0.496 e. The Morgan fingerprint density at radius 2 is 2.07 bits per heavy atom. The van der Waals surface area contributed by atoms with Crippen molar-refractivity contribution in [3.05, 3.63) is 45.8 Å². The Morgan fingerprint density at radius 3 is 2.86 bits per heavy atom. The number of benzene rings is 1. The topological polar surface area (TPSA) is 74.2 Å². The fourth-order valence-corrected chi connectivity index (χ4v) is 4.93. The van der Waals surface area contributed by atoms with Crippen LogP contribution in [0.1, 0.15) is 60.2 Å². The Labute approximate surface area is 170 Å². The molecule has 1 unspecified atom stereocenters. The molecular weight excluding hydrogens is 370 g/mol. The number of carbonyl (C=O) groups is 1. The third kappa shape index (κ3) is 4.73. The van der Waals surface area contributed by atoms with Crippen LogP contribution in [0.15, 0.2) is 24.3 Å². The van der Waals surface area contributed by atoms with Crippen LogP contribution in [0.5, 0.6) is 5.75 Å². The van der Waals surface area contributed by atoms with Gasteiger partial charge in [0.2, 0.25) is 5.91 Å². The lowest BCUT2D eigenvalue weighted by Gasteiger charge is -2.17. The minimum atomic E-state index is -0.0624. The van der Waals surface area contributed by atoms with E-state index in [4.69, 9.17) is 4.74 Å². The summed E-state index contributed by atoms with van der Waals surface area (Å²) in [6.45, 7) is 2.61. The molecule has 0 bridgehead atoms. The molecule has 0 radical (unpaired) electrons. The van der Waals surface area contributed by atoms with Crippen LogP contribution in [-0.4, -0.2) is 19.6 Å². The SMILES string of the molecule is COc1ccccc1C(C)NCCC(=O)Nc1sc2c(c1C#N)CCCCC2. The first kappa shape index (κ1) is 20.4. The molecule has 0 spiro atoms. The monoisotopic (exact) mass is 397 g/mol. The van der Waals surface area contributed by atoms with Gasteiger partial charge in [-0.05, 0) is 44.2 Å². The fraction of sp³-hybridized carbons (Fsp3) is 0.455. The predicted molar refractivity (Wildman–Crippen MR) is 113 cm³/mol. The molecule has 2 N–H and O–H groups in total. The molecule has 1 aromatic heterocycles. The number of aryl methyl sites for hydroxylation is 1. The zero-order valence-electron chi connectivity index (χ0n) is 16.5. The zero-order valence-corrected chi connectivity index (χ0v) is 17.3. The third-order valence-corrected chi connectivity index (χ3v) is 6.40. The van der Waals surface area contributed by atoms with Gasteiger partial charge in [0.05, 0.1) is 12.7 Å². The van der Waals surface area contributed by atoms with Gasteiger partial charge in [0.1, 0.15) is 16.8 Å². The highest BCUT2D eigenvalue weighted by Gasteiger charge is 2.21. The second kappa shape index (κ2) is 9.72. The molecule has 2 aromatic rings. The van der Waals surface area contributed by atoms with E-state index < -0.39 is 0 Å². The van der Waals surface area contributed by atoms with E-state index in [2.05, 4.69) is 23.6 Å². The number of anilines is 1. The number of nitrogens with zero attached hydrogens (tertiary/aromatic N) is 1. The lowest BCUT2D eigenvalue weighted by molar-refractivity contribution is -0.116. The van der Waals surface area contributed by atoms with Gasteiger partial charge < -0.3 is 15.4 Å². The number of rotatable bonds is 7. The number of nitriles is 1. The van der Waals surface area contributed by atoms with Crippen LogP contribution in [0.3, 0.4) is 0 Å². The van der Waals surface area contributed by atoms with E-state index in [0.717, 1.165) is 47.6 Å². The molecule has 5 nitrogen and oxygen atoms in total. The zero-order chi connectivity index (χ0) is 19.9. The van der Waals surface area contributed by atoms with E-state index in [9.17, 15) is 10.1 Å². The highest BCUT2D eigenvalue weighted by atomic mass is 32.1. The molecule has 1 amide bonds. The normalized spacial score (nSPS) is 14.5. The number of thiophene rings is 1. The second-order valence-corrected chi connectivity index (χ2v) is 8.20. The Kier molecular flexibility index (Phi) is 7.07. The van der Waals surface area contributed by atoms with Crippen molar-refractivity contribution in [2.45, 2.75) is 51.5 Å². The van der Waals surface area contributed by atoms with Crippen LogP contribution >= 0.6 is 11.3 Å². The maximum atomic E-state index is 12.4. The van der Waals surface area contributed by atoms with Crippen LogP contribution in [-0.2, 0) is 17.6 Å². The summed E-state index contributed by atoms with van der Waals surface area (Å²) in [5, 5.41) is 16.6. The van der Waals surface area contributed by atoms with Crippen LogP contribution in [0.4, 0.5) is 5.00 Å². The molecule has 1 aromatic carbocycles. The minimum absolute atomic E-state index is 0.0624. The number of nitrogens with one attached hydrogen (secondary N) is 2. The highest BCUT2D eigenvalue weighted by molar-refractivity contribution is 7.16. The lowest BCUT2D eigenvalue weighted by Crippen LogP contribution is -2.24. The van der Waals surface area contributed by atoms with E-state index in [-0.39, 0.29) is 11.9 Å². The van der Waals surface area contributed by atoms with Gasteiger partial charge in [0.25, 0.3) is 0 Å². The molecule has 0 aliphatic heterocycles. The van der Waals surface area contributed by atoms with Gasteiger partial charge in [-0.3, -0.25) is 4.79 Å². The van der Waals surface area contributed by atoms with Crippen molar-refractivity contribution in [1.82, 2.24) is 5.32 Å². The summed E-state index contributed by atoms with van der Waals surface area (Å²) < 4.78 is 5.40. The van der Waals surface area contributed by atoms with E-state index in [1.165, 1.54) is 11.3 Å². The van der Waals surface area contributed by atoms with Crippen molar-refractivity contribution in [3.63, 3.8) is 0 Å². The molecule has 28 heavy (non-hydrogen) atoms. The van der Waals surface area contributed by atoms with Crippen LogP contribution < -0.4 is 15.4 Å². The molecule has 1 aliphatic carbocycles. The molecule has 0 fully saturated rings. The highest BCUT2D eigenvalue weighted by Crippen LogP contribution is 2.37. The number of para-hydroxylation sites is 1. The summed E-state index contributed by atoms with van der Waals surface area (Å²) in [6, 6.07) is 10.3. The summed E-state index contributed by atoms with van der Waals surface area (Å²) >= 11 is 1.58. The van der Waals surface area contributed by atoms with Gasteiger partial charge in [-0.1, -0.05) is 24.6 Å². The van der Waals surface area contributed by atoms with Gasteiger partial charge in [0.15, 0.2) is 0 Å². The fourth-order valence-electron chi connectivity index (χ4n) is 3.67. The third-order valence-electron chi connectivity index (χ3n) is 5.19. The molecule has 0 saturated carbocycles. The van der Waals surface area contributed by atoms with Gasteiger partial charge in [0, 0.05) is 29.4 Å². The number of amides is 1. The maximum absolute atomic E-state index is 12.4. The van der Waals surface area contributed by atoms with Crippen molar-refractivity contribution in [2.24, 2.45) is 0 Å². The van der Waals surface area contributed by atoms with Crippen molar-refractivity contribution in [3.8, 4) is 11.8 Å². The summed E-state index contributed by atoms with van der Waals surface area (Å²) in [5.41, 5.74) is 2.90.